The maximum absolute atomic E-state index is 10.7. The van der Waals surface area contributed by atoms with Gasteiger partial charge in [-0.25, -0.2) is 0 Å². The highest BCUT2D eigenvalue weighted by Gasteiger charge is 2.13. The third-order valence-electron chi connectivity index (χ3n) is 1.52. The molecule has 0 spiro atoms. The van der Waals surface area contributed by atoms with Crippen LogP contribution >= 0.6 is 0 Å². The fraction of sp³-hybridized carbons (Fsp3) is 0.375. The monoisotopic (exact) mass is 170 g/mol. The van der Waals surface area contributed by atoms with Crippen molar-refractivity contribution in [3.63, 3.8) is 0 Å². The van der Waals surface area contributed by atoms with Gasteiger partial charge in [0.2, 0.25) is 0 Å². The molecule has 0 fully saturated rings. The molecule has 1 atom stereocenters. The first-order valence-electron chi connectivity index (χ1n) is 3.51. The number of methoxy groups -OCH3 is 1. The molecule has 0 amide bonds. The van der Waals surface area contributed by atoms with Gasteiger partial charge in [-0.05, 0) is 6.07 Å². The van der Waals surface area contributed by atoms with Crippen molar-refractivity contribution < 1.29 is 19.1 Å². The summed E-state index contributed by atoms with van der Waals surface area (Å²) in [5, 5.41) is 9.35. The molecule has 1 aromatic heterocycles. The second-order valence-electron chi connectivity index (χ2n) is 2.35. The van der Waals surface area contributed by atoms with Gasteiger partial charge in [0.1, 0.15) is 0 Å². The SMILES string of the molecule is COC(=O)C[C@H](O)c1ccoc1. The van der Waals surface area contributed by atoms with Gasteiger partial charge in [-0.3, -0.25) is 4.79 Å². The zero-order valence-electron chi connectivity index (χ0n) is 6.69. The maximum Gasteiger partial charge on any atom is 0.308 e. The molecule has 0 aliphatic carbocycles. The summed E-state index contributed by atoms with van der Waals surface area (Å²) in [7, 11) is 1.28. The number of rotatable bonds is 3. The molecule has 1 heterocycles. The lowest BCUT2D eigenvalue weighted by Crippen LogP contribution is -2.07. The highest BCUT2D eigenvalue weighted by Crippen LogP contribution is 2.16. The first-order valence-corrected chi connectivity index (χ1v) is 3.51. The Morgan fingerprint density at radius 1 is 1.83 bits per heavy atom. The predicted octanol–water partition coefficient (Wildman–Crippen LogP) is 0.876. The van der Waals surface area contributed by atoms with Gasteiger partial charge in [-0.15, -0.1) is 0 Å². The van der Waals surface area contributed by atoms with Gasteiger partial charge in [-0.1, -0.05) is 0 Å². The molecule has 66 valence electrons. The van der Waals surface area contributed by atoms with Crippen LogP contribution in [0.25, 0.3) is 0 Å². The van der Waals surface area contributed by atoms with Crippen molar-refractivity contribution in [2.24, 2.45) is 0 Å². The van der Waals surface area contributed by atoms with E-state index in [0.29, 0.717) is 5.56 Å². The quantitative estimate of drug-likeness (QED) is 0.684. The Labute approximate surface area is 69.8 Å². The van der Waals surface area contributed by atoms with E-state index in [1.807, 2.05) is 0 Å². The number of esters is 1. The van der Waals surface area contributed by atoms with E-state index in [9.17, 15) is 9.90 Å². The van der Waals surface area contributed by atoms with Crippen LogP contribution in [0, 0.1) is 0 Å². The molecule has 0 bridgehead atoms. The molecular formula is C8H10O4. The standard InChI is InChI=1S/C8H10O4/c1-11-8(10)4-7(9)6-2-3-12-5-6/h2-3,5,7,9H,4H2,1H3/t7-/m0/s1. The topological polar surface area (TPSA) is 59.7 Å². The fourth-order valence-corrected chi connectivity index (χ4v) is 0.824. The van der Waals surface area contributed by atoms with Gasteiger partial charge in [0.15, 0.2) is 0 Å². The lowest BCUT2D eigenvalue weighted by atomic mass is 10.1. The lowest BCUT2D eigenvalue weighted by Gasteiger charge is -2.05. The summed E-state index contributed by atoms with van der Waals surface area (Å²) in [4.78, 5) is 10.7. The largest absolute Gasteiger partial charge is 0.472 e. The van der Waals surface area contributed by atoms with Crippen molar-refractivity contribution in [1.82, 2.24) is 0 Å². The number of carbonyl (C=O) groups excluding carboxylic acids is 1. The van der Waals surface area contributed by atoms with Crippen LogP contribution in [0.1, 0.15) is 18.1 Å². The van der Waals surface area contributed by atoms with Crippen molar-refractivity contribution >= 4 is 5.97 Å². The lowest BCUT2D eigenvalue weighted by molar-refractivity contribution is -0.142. The molecule has 0 unspecified atom stereocenters. The summed E-state index contributed by atoms with van der Waals surface area (Å²) >= 11 is 0. The molecule has 0 aromatic carbocycles. The van der Waals surface area contributed by atoms with Gasteiger partial charge in [0.25, 0.3) is 0 Å². The minimum atomic E-state index is -0.837. The van der Waals surface area contributed by atoms with E-state index < -0.39 is 12.1 Å². The number of carbonyl (C=O) groups is 1. The van der Waals surface area contributed by atoms with Crippen LogP contribution in [0.15, 0.2) is 23.0 Å². The number of ether oxygens (including phenoxy) is 1. The number of hydrogen-bond donors (Lipinski definition) is 1. The third kappa shape index (κ3) is 2.10. The van der Waals surface area contributed by atoms with Crippen molar-refractivity contribution in [2.75, 3.05) is 7.11 Å². The third-order valence-corrected chi connectivity index (χ3v) is 1.52. The Bertz CT molecular complexity index is 240. The van der Waals surface area contributed by atoms with Crippen LogP contribution < -0.4 is 0 Å². The maximum atomic E-state index is 10.7. The minimum Gasteiger partial charge on any atom is -0.472 e. The van der Waals surface area contributed by atoms with Gasteiger partial charge < -0.3 is 14.3 Å². The summed E-state index contributed by atoms with van der Waals surface area (Å²) in [5.74, 6) is -0.441. The number of aliphatic hydroxyl groups excluding tert-OH is 1. The second-order valence-corrected chi connectivity index (χ2v) is 2.35. The van der Waals surface area contributed by atoms with Crippen LogP contribution in [0.5, 0.6) is 0 Å². The second kappa shape index (κ2) is 3.92. The van der Waals surface area contributed by atoms with E-state index in [0.717, 1.165) is 0 Å². The molecule has 0 radical (unpaired) electrons. The molecule has 0 aliphatic rings. The average Bonchev–Trinajstić information content (AvgIpc) is 2.56. The number of hydrogen-bond acceptors (Lipinski definition) is 4. The molecule has 12 heavy (non-hydrogen) atoms. The smallest absolute Gasteiger partial charge is 0.308 e. The Hall–Kier alpha value is -1.29. The summed E-state index contributed by atoms with van der Waals surface area (Å²) in [6.45, 7) is 0. The molecule has 4 nitrogen and oxygen atoms in total. The summed E-state index contributed by atoms with van der Waals surface area (Å²) in [6.07, 6.45) is 1.95. The minimum absolute atomic E-state index is 0.0456. The van der Waals surface area contributed by atoms with E-state index in [-0.39, 0.29) is 6.42 Å². The number of furan rings is 1. The van der Waals surface area contributed by atoms with Crippen LogP contribution in [-0.2, 0) is 9.53 Å². The normalized spacial score (nSPS) is 12.5. The summed E-state index contributed by atoms with van der Waals surface area (Å²) in [5.41, 5.74) is 0.584. The van der Waals surface area contributed by atoms with Crippen molar-refractivity contribution in [2.45, 2.75) is 12.5 Å². The fourth-order valence-electron chi connectivity index (χ4n) is 0.824. The average molecular weight is 170 g/mol. The van der Waals surface area contributed by atoms with Gasteiger partial charge in [-0.2, -0.15) is 0 Å². The van der Waals surface area contributed by atoms with E-state index in [1.54, 1.807) is 6.07 Å². The molecule has 0 saturated heterocycles. The van der Waals surface area contributed by atoms with Gasteiger partial charge in [0, 0.05) is 5.56 Å². The molecule has 4 heteroatoms. The van der Waals surface area contributed by atoms with Crippen LogP contribution in [-0.4, -0.2) is 18.2 Å². The highest BCUT2D eigenvalue weighted by molar-refractivity contribution is 5.69. The summed E-state index contributed by atoms with van der Waals surface area (Å²) < 4.78 is 9.13. The first kappa shape index (κ1) is 8.80. The molecular weight excluding hydrogens is 160 g/mol. The van der Waals surface area contributed by atoms with Crippen molar-refractivity contribution in [3.8, 4) is 0 Å². The predicted molar refractivity (Wildman–Crippen MR) is 40.3 cm³/mol. The van der Waals surface area contributed by atoms with Gasteiger partial charge >= 0.3 is 5.97 Å². The van der Waals surface area contributed by atoms with E-state index >= 15 is 0 Å². The van der Waals surface area contributed by atoms with E-state index in [2.05, 4.69) is 4.74 Å². The molecule has 1 rings (SSSR count). The molecule has 0 saturated carbocycles. The van der Waals surface area contributed by atoms with E-state index in [4.69, 9.17) is 4.42 Å². The molecule has 0 aliphatic heterocycles. The van der Waals surface area contributed by atoms with Crippen LogP contribution in [0.4, 0.5) is 0 Å². The van der Waals surface area contributed by atoms with Gasteiger partial charge in [0.05, 0.1) is 32.2 Å². The zero-order valence-corrected chi connectivity index (χ0v) is 6.69. The Balaban J connectivity index is 2.49. The Morgan fingerprint density at radius 2 is 2.58 bits per heavy atom. The Morgan fingerprint density at radius 3 is 3.08 bits per heavy atom. The number of aliphatic hydroxyl groups is 1. The van der Waals surface area contributed by atoms with Crippen LogP contribution in [0.2, 0.25) is 0 Å². The highest BCUT2D eigenvalue weighted by atomic mass is 16.5. The van der Waals surface area contributed by atoms with Crippen molar-refractivity contribution in [1.29, 1.82) is 0 Å². The first-order chi connectivity index (χ1) is 5.74. The van der Waals surface area contributed by atoms with Crippen LogP contribution in [0.3, 0.4) is 0 Å². The zero-order chi connectivity index (χ0) is 8.97. The molecule has 1 aromatic rings. The Kier molecular flexibility index (Phi) is 2.88. The molecule has 1 N–H and O–H groups in total. The summed E-state index contributed by atoms with van der Waals surface area (Å²) in [6, 6.07) is 1.60. The van der Waals surface area contributed by atoms with E-state index in [1.165, 1.54) is 19.6 Å². The van der Waals surface area contributed by atoms with Crippen molar-refractivity contribution in [3.05, 3.63) is 24.2 Å².